The Bertz CT molecular complexity index is 1120. The molecule has 4 atom stereocenters. The van der Waals surface area contributed by atoms with Crippen molar-refractivity contribution < 1.29 is 26.3 Å². The molecule has 0 aromatic heterocycles. The van der Waals surface area contributed by atoms with Crippen molar-refractivity contribution in [1.82, 2.24) is 8.61 Å². The van der Waals surface area contributed by atoms with E-state index in [1.807, 2.05) is 27.7 Å². The van der Waals surface area contributed by atoms with Crippen LogP contribution in [-0.4, -0.2) is 76.0 Å². The van der Waals surface area contributed by atoms with Crippen molar-refractivity contribution in [2.45, 2.75) is 71.7 Å². The maximum absolute atomic E-state index is 13.0. The molecule has 0 aliphatic carbocycles. The second-order valence-electron chi connectivity index (χ2n) is 9.20. The molecular weight excluding hydrogens is 508 g/mol. The number of hydrogen-bond donors (Lipinski definition) is 0. The van der Waals surface area contributed by atoms with Gasteiger partial charge in [-0.15, -0.1) is 0 Å². The van der Waals surface area contributed by atoms with Gasteiger partial charge in [-0.3, -0.25) is 0 Å². The molecule has 8 nitrogen and oxygen atoms in total. The minimum absolute atomic E-state index is 0.148. The molecular formula is C24H32N2O6S3. The lowest BCUT2D eigenvalue weighted by atomic mass is 10.3. The van der Waals surface area contributed by atoms with Crippen molar-refractivity contribution in [1.29, 1.82) is 0 Å². The van der Waals surface area contributed by atoms with Crippen molar-refractivity contribution in [2.24, 2.45) is 0 Å². The number of ether oxygens (including phenoxy) is 2. The van der Waals surface area contributed by atoms with E-state index in [4.69, 9.17) is 9.47 Å². The molecule has 2 aromatic rings. The fourth-order valence-corrected chi connectivity index (χ4v) is 8.45. The second kappa shape index (κ2) is 10.5. The van der Waals surface area contributed by atoms with Gasteiger partial charge in [0.05, 0.1) is 34.2 Å². The molecule has 0 spiro atoms. The third-order valence-electron chi connectivity index (χ3n) is 5.93. The zero-order valence-corrected chi connectivity index (χ0v) is 22.8. The molecule has 2 aromatic carbocycles. The van der Waals surface area contributed by atoms with Crippen LogP contribution < -0.4 is 0 Å². The van der Waals surface area contributed by atoms with Crippen LogP contribution in [-0.2, 0) is 29.5 Å². The topological polar surface area (TPSA) is 93.2 Å². The maximum Gasteiger partial charge on any atom is 0.243 e. The molecule has 192 valence electrons. The van der Waals surface area contributed by atoms with Gasteiger partial charge >= 0.3 is 0 Å². The van der Waals surface area contributed by atoms with Gasteiger partial charge in [-0.25, -0.2) is 16.8 Å². The third kappa shape index (κ3) is 6.10. The molecule has 2 saturated heterocycles. The quantitative estimate of drug-likeness (QED) is 0.554. The minimum atomic E-state index is -3.59. The normalized spacial score (nSPS) is 27.1. The Morgan fingerprint density at radius 2 is 0.886 bits per heavy atom. The van der Waals surface area contributed by atoms with Gasteiger partial charge in [0.15, 0.2) is 0 Å². The van der Waals surface area contributed by atoms with E-state index in [0.29, 0.717) is 26.2 Å². The average molecular weight is 541 g/mol. The molecule has 4 rings (SSSR count). The first-order valence-corrected chi connectivity index (χ1v) is 15.3. The van der Waals surface area contributed by atoms with E-state index in [9.17, 15) is 16.8 Å². The molecule has 35 heavy (non-hydrogen) atoms. The predicted molar refractivity (Wildman–Crippen MR) is 135 cm³/mol. The van der Waals surface area contributed by atoms with Crippen molar-refractivity contribution in [3.05, 3.63) is 48.5 Å². The van der Waals surface area contributed by atoms with Crippen LogP contribution in [0, 0.1) is 0 Å². The molecule has 2 heterocycles. The fraction of sp³-hybridized carbons (Fsp3) is 0.500. The first-order valence-electron chi connectivity index (χ1n) is 11.6. The molecule has 2 aliphatic heterocycles. The van der Waals surface area contributed by atoms with Crippen molar-refractivity contribution in [2.75, 3.05) is 26.2 Å². The molecule has 2 fully saturated rings. The number of benzene rings is 2. The summed E-state index contributed by atoms with van der Waals surface area (Å²) >= 11 is 1.44. The fourth-order valence-electron chi connectivity index (χ4n) is 4.45. The summed E-state index contributed by atoms with van der Waals surface area (Å²) in [5, 5.41) is 0. The summed E-state index contributed by atoms with van der Waals surface area (Å²) in [5.41, 5.74) is 0. The molecule has 11 heteroatoms. The molecule has 0 saturated carbocycles. The van der Waals surface area contributed by atoms with Crippen molar-refractivity contribution in [3.63, 3.8) is 0 Å². The number of hydrogen-bond acceptors (Lipinski definition) is 7. The highest BCUT2D eigenvalue weighted by molar-refractivity contribution is 7.99. The SMILES string of the molecule is C[C@@H]1CN(S(=O)(=O)c2ccc(Sc3ccc(S(=O)(=O)N4C[C@@H](C)O[C@@H](C)C4)cc3)cc2)C[C@@H](C)O1. The van der Waals surface area contributed by atoms with Gasteiger partial charge in [0, 0.05) is 36.0 Å². The summed E-state index contributed by atoms with van der Waals surface area (Å²) in [6.07, 6.45) is -0.592. The van der Waals surface area contributed by atoms with E-state index >= 15 is 0 Å². The van der Waals surface area contributed by atoms with Gasteiger partial charge in [-0.05, 0) is 76.2 Å². The number of rotatable bonds is 6. The Balaban J connectivity index is 1.44. The van der Waals surface area contributed by atoms with Crippen LogP contribution in [0.3, 0.4) is 0 Å². The van der Waals surface area contributed by atoms with Gasteiger partial charge in [0.1, 0.15) is 0 Å². The Morgan fingerprint density at radius 1 is 0.600 bits per heavy atom. The molecule has 2 aliphatic rings. The predicted octanol–water partition coefficient (Wildman–Crippen LogP) is 3.43. The van der Waals surface area contributed by atoms with Gasteiger partial charge in [0.2, 0.25) is 20.0 Å². The molecule has 0 amide bonds. The molecule has 0 bridgehead atoms. The summed E-state index contributed by atoms with van der Waals surface area (Å²) in [6.45, 7) is 8.82. The average Bonchev–Trinajstić information content (AvgIpc) is 2.78. The first kappa shape index (κ1) is 26.6. The van der Waals surface area contributed by atoms with Crippen molar-refractivity contribution in [3.8, 4) is 0 Å². The summed E-state index contributed by atoms with van der Waals surface area (Å²) in [5.74, 6) is 0. The summed E-state index contributed by atoms with van der Waals surface area (Å²) in [6, 6.07) is 13.5. The van der Waals surface area contributed by atoms with Crippen LogP contribution in [0.2, 0.25) is 0 Å². The van der Waals surface area contributed by atoms with Gasteiger partial charge in [-0.2, -0.15) is 8.61 Å². The highest BCUT2D eigenvalue weighted by Crippen LogP contribution is 2.31. The Labute approximate surface area is 212 Å². The Hall–Kier alpha value is -1.47. The lowest BCUT2D eigenvalue weighted by molar-refractivity contribution is -0.0442. The minimum Gasteiger partial charge on any atom is -0.373 e. The van der Waals surface area contributed by atoms with E-state index in [0.717, 1.165) is 9.79 Å². The van der Waals surface area contributed by atoms with E-state index < -0.39 is 20.0 Å². The molecule has 0 unspecified atom stereocenters. The summed E-state index contributed by atoms with van der Waals surface area (Å²) in [4.78, 5) is 2.22. The van der Waals surface area contributed by atoms with Crippen LogP contribution in [0.1, 0.15) is 27.7 Å². The van der Waals surface area contributed by atoms with Crippen LogP contribution in [0.4, 0.5) is 0 Å². The monoisotopic (exact) mass is 540 g/mol. The summed E-state index contributed by atoms with van der Waals surface area (Å²) in [7, 11) is -7.19. The van der Waals surface area contributed by atoms with E-state index in [-0.39, 0.29) is 34.2 Å². The summed E-state index contributed by atoms with van der Waals surface area (Å²) < 4.78 is 66.4. The zero-order chi connectivity index (χ0) is 25.4. The zero-order valence-electron chi connectivity index (χ0n) is 20.3. The highest BCUT2D eigenvalue weighted by atomic mass is 32.2. The molecule has 0 N–H and O–H groups in total. The maximum atomic E-state index is 13.0. The lowest BCUT2D eigenvalue weighted by Gasteiger charge is -2.34. The third-order valence-corrected chi connectivity index (χ3v) is 10.6. The Morgan fingerprint density at radius 3 is 1.17 bits per heavy atom. The van der Waals surface area contributed by atoms with Crippen LogP contribution in [0.5, 0.6) is 0 Å². The van der Waals surface area contributed by atoms with E-state index in [2.05, 4.69) is 0 Å². The van der Waals surface area contributed by atoms with Crippen LogP contribution >= 0.6 is 11.8 Å². The number of morpholine rings is 2. The number of nitrogens with zero attached hydrogens (tertiary/aromatic N) is 2. The van der Waals surface area contributed by atoms with Gasteiger partial charge in [0.25, 0.3) is 0 Å². The number of sulfonamides is 2. The smallest absolute Gasteiger partial charge is 0.243 e. The van der Waals surface area contributed by atoms with Gasteiger partial charge in [-0.1, -0.05) is 11.8 Å². The lowest BCUT2D eigenvalue weighted by Crippen LogP contribution is -2.48. The largest absolute Gasteiger partial charge is 0.373 e. The van der Waals surface area contributed by atoms with E-state index in [1.165, 1.54) is 20.4 Å². The van der Waals surface area contributed by atoms with Crippen LogP contribution in [0.15, 0.2) is 68.1 Å². The second-order valence-corrected chi connectivity index (χ2v) is 14.2. The highest BCUT2D eigenvalue weighted by Gasteiger charge is 2.33. The van der Waals surface area contributed by atoms with E-state index in [1.54, 1.807) is 48.5 Å². The van der Waals surface area contributed by atoms with Gasteiger partial charge < -0.3 is 9.47 Å². The first-order chi connectivity index (χ1) is 16.4. The standard InChI is InChI=1S/C24H32N2O6S3/c1-17-13-25(14-18(2)31-17)34(27,28)23-9-5-21(6-10-23)33-22-7-11-24(12-8-22)35(29,30)26-15-19(3)32-20(4)16-26/h5-12,17-20H,13-16H2,1-4H3/t17-,18-,19-,20+/m1/s1. The van der Waals surface area contributed by atoms with Crippen LogP contribution in [0.25, 0.3) is 0 Å². The molecule has 0 radical (unpaired) electrons. The van der Waals surface area contributed by atoms with Crippen molar-refractivity contribution >= 4 is 31.8 Å². The Kier molecular flexibility index (Phi) is 7.97.